The number of aromatic amines is 1. The van der Waals surface area contributed by atoms with Gasteiger partial charge in [-0.3, -0.25) is 5.10 Å². The molecule has 7 heteroatoms. The Balaban J connectivity index is 2.03. The summed E-state index contributed by atoms with van der Waals surface area (Å²) in [5.41, 5.74) is 8.13. The number of H-pyrrole nitrogens is 1. The monoisotopic (exact) mass is 254 g/mol. The molecule has 0 aliphatic rings. The van der Waals surface area contributed by atoms with Gasteiger partial charge >= 0.3 is 0 Å². The number of anilines is 1. The van der Waals surface area contributed by atoms with E-state index in [0.29, 0.717) is 11.3 Å². The van der Waals surface area contributed by atoms with Crippen LogP contribution in [0, 0.1) is 0 Å². The van der Waals surface area contributed by atoms with Gasteiger partial charge in [0.25, 0.3) is 0 Å². The second kappa shape index (κ2) is 4.37. The average Bonchev–Trinajstić information content (AvgIpc) is 2.94. The van der Waals surface area contributed by atoms with Gasteiger partial charge in [0.15, 0.2) is 0 Å². The lowest BCUT2D eigenvalue weighted by Crippen LogP contribution is -1.97. The van der Waals surface area contributed by atoms with Crippen LogP contribution in [-0.4, -0.2) is 30.5 Å². The van der Waals surface area contributed by atoms with E-state index in [9.17, 15) is 5.11 Å². The molecule has 3 aromatic rings. The molecule has 1 aromatic carbocycles. The van der Waals surface area contributed by atoms with Crippen LogP contribution < -0.4 is 5.73 Å². The predicted molar refractivity (Wildman–Crippen MR) is 68.9 cm³/mol. The summed E-state index contributed by atoms with van der Waals surface area (Å²) >= 11 is 0. The number of rotatable bonds is 2. The van der Waals surface area contributed by atoms with Crippen LogP contribution in [0.2, 0.25) is 0 Å². The molecule has 0 fully saturated rings. The zero-order valence-electron chi connectivity index (χ0n) is 9.78. The van der Waals surface area contributed by atoms with Crippen LogP contribution in [-0.2, 0) is 0 Å². The van der Waals surface area contributed by atoms with E-state index in [-0.39, 0.29) is 11.7 Å². The van der Waals surface area contributed by atoms with Crippen LogP contribution in [0.4, 0.5) is 5.95 Å². The second-order valence-electron chi connectivity index (χ2n) is 3.92. The molecule has 0 aliphatic carbocycles. The molecule has 0 saturated carbocycles. The summed E-state index contributed by atoms with van der Waals surface area (Å²) in [6.07, 6.45) is 4.90. The van der Waals surface area contributed by atoms with Gasteiger partial charge in [0.1, 0.15) is 11.4 Å². The number of aromatic nitrogens is 5. The largest absolute Gasteiger partial charge is 0.507 e. The van der Waals surface area contributed by atoms with Gasteiger partial charge in [0.2, 0.25) is 5.95 Å². The van der Waals surface area contributed by atoms with E-state index in [1.54, 1.807) is 24.5 Å². The van der Waals surface area contributed by atoms with Crippen LogP contribution >= 0.6 is 0 Å². The Morgan fingerprint density at radius 3 is 2.63 bits per heavy atom. The van der Waals surface area contributed by atoms with Crippen LogP contribution in [0.15, 0.2) is 36.8 Å². The van der Waals surface area contributed by atoms with Crippen molar-refractivity contribution in [1.82, 2.24) is 25.4 Å². The zero-order chi connectivity index (χ0) is 13.2. The lowest BCUT2D eigenvalue weighted by Gasteiger charge is -2.05. The summed E-state index contributed by atoms with van der Waals surface area (Å²) in [6, 6.07) is 5.25. The van der Waals surface area contributed by atoms with Crippen molar-refractivity contribution >= 4 is 5.95 Å². The third kappa shape index (κ3) is 2.08. The summed E-state index contributed by atoms with van der Waals surface area (Å²) in [5.74, 6) is 0.192. The molecule has 0 bridgehead atoms. The number of phenols is 1. The van der Waals surface area contributed by atoms with E-state index < -0.39 is 0 Å². The van der Waals surface area contributed by atoms with Gasteiger partial charge in [-0.05, 0) is 17.7 Å². The minimum Gasteiger partial charge on any atom is -0.507 e. The molecule has 0 spiro atoms. The first-order valence-corrected chi connectivity index (χ1v) is 5.52. The van der Waals surface area contributed by atoms with Crippen molar-refractivity contribution in [2.24, 2.45) is 0 Å². The van der Waals surface area contributed by atoms with E-state index in [2.05, 4.69) is 25.4 Å². The SMILES string of the molecule is Nc1ncc(-c2ccc(-c3cn[nH]c3)cc2O)nn1. The summed E-state index contributed by atoms with van der Waals surface area (Å²) in [5, 5.41) is 24.2. The summed E-state index contributed by atoms with van der Waals surface area (Å²) in [4.78, 5) is 3.85. The highest BCUT2D eigenvalue weighted by Gasteiger charge is 2.09. The molecule has 0 aliphatic heterocycles. The van der Waals surface area contributed by atoms with Gasteiger partial charge in [0.05, 0.1) is 12.4 Å². The van der Waals surface area contributed by atoms with E-state index in [4.69, 9.17) is 5.73 Å². The van der Waals surface area contributed by atoms with E-state index in [1.807, 2.05) is 6.07 Å². The Labute approximate surface area is 108 Å². The molecule has 94 valence electrons. The summed E-state index contributed by atoms with van der Waals surface area (Å²) in [6.45, 7) is 0. The fraction of sp³-hybridized carbons (Fsp3) is 0. The lowest BCUT2D eigenvalue weighted by atomic mass is 10.0. The van der Waals surface area contributed by atoms with Crippen molar-refractivity contribution in [1.29, 1.82) is 0 Å². The maximum Gasteiger partial charge on any atom is 0.240 e. The van der Waals surface area contributed by atoms with Gasteiger partial charge in [-0.15, -0.1) is 10.2 Å². The normalized spacial score (nSPS) is 10.5. The third-order valence-electron chi connectivity index (χ3n) is 2.68. The standard InChI is InChI=1S/C12H10N6O/c13-12-14-6-10(17-18-12)9-2-1-7(3-11(9)19)8-4-15-16-5-8/h1-6,19H,(H,15,16)(H2,13,14,18). The van der Waals surface area contributed by atoms with Crippen LogP contribution in [0.1, 0.15) is 0 Å². The first-order valence-electron chi connectivity index (χ1n) is 5.52. The summed E-state index contributed by atoms with van der Waals surface area (Å²) in [7, 11) is 0. The van der Waals surface area contributed by atoms with Crippen LogP contribution in [0.5, 0.6) is 5.75 Å². The number of nitrogens with one attached hydrogen (secondary N) is 1. The topological polar surface area (TPSA) is 114 Å². The quantitative estimate of drug-likeness (QED) is 0.633. The molecule has 0 amide bonds. The predicted octanol–water partition coefficient (Wildman–Crippen LogP) is 1.22. The number of nitrogens with zero attached hydrogens (tertiary/aromatic N) is 4. The molecular weight excluding hydrogens is 244 g/mol. The van der Waals surface area contributed by atoms with Crippen molar-refractivity contribution in [3.8, 4) is 28.1 Å². The van der Waals surface area contributed by atoms with Gasteiger partial charge < -0.3 is 10.8 Å². The maximum absolute atomic E-state index is 10.1. The van der Waals surface area contributed by atoms with Gasteiger partial charge in [-0.2, -0.15) is 5.10 Å². The first kappa shape index (κ1) is 11.1. The lowest BCUT2D eigenvalue weighted by molar-refractivity contribution is 0.477. The van der Waals surface area contributed by atoms with E-state index >= 15 is 0 Å². The zero-order valence-corrected chi connectivity index (χ0v) is 9.78. The molecule has 4 N–H and O–H groups in total. The van der Waals surface area contributed by atoms with Crippen LogP contribution in [0.3, 0.4) is 0 Å². The van der Waals surface area contributed by atoms with Gasteiger partial charge in [-0.1, -0.05) is 6.07 Å². The molecule has 19 heavy (non-hydrogen) atoms. The fourth-order valence-electron chi connectivity index (χ4n) is 1.74. The Morgan fingerprint density at radius 1 is 1.11 bits per heavy atom. The van der Waals surface area contributed by atoms with Crippen molar-refractivity contribution in [2.45, 2.75) is 0 Å². The minimum atomic E-state index is 0.0956. The molecular formula is C12H10N6O. The highest BCUT2D eigenvalue weighted by Crippen LogP contribution is 2.31. The Bertz CT molecular complexity index is 693. The average molecular weight is 254 g/mol. The number of nitrogen functional groups attached to an aromatic ring is 1. The number of hydrogen-bond donors (Lipinski definition) is 3. The molecule has 7 nitrogen and oxygen atoms in total. The highest BCUT2D eigenvalue weighted by atomic mass is 16.3. The molecule has 0 unspecified atom stereocenters. The Kier molecular flexibility index (Phi) is 2.57. The number of hydrogen-bond acceptors (Lipinski definition) is 6. The van der Waals surface area contributed by atoms with Crippen molar-refractivity contribution < 1.29 is 5.11 Å². The third-order valence-corrected chi connectivity index (χ3v) is 2.68. The smallest absolute Gasteiger partial charge is 0.240 e. The van der Waals surface area contributed by atoms with Crippen LogP contribution in [0.25, 0.3) is 22.4 Å². The highest BCUT2D eigenvalue weighted by molar-refractivity contribution is 5.73. The Hall–Kier alpha value is -2.96. The maximum atomic E-state index is 10.1. The van der Waals surface area contributed by atoms with Crippen molar-refractivity contribution in [3.05, 3.63) is 36.8 Å². The number of benzene rings is 1. The van der Waals surface area contributed by atoms with Crippen molar-refractivity contribution in [3.63, 3.8) is 0 Å². The second-order valence-corrected chi connectivity index (χ2v) is 3.92. The first-order chi connectivity index (χ1) is 9.24. The van der Waals surface area contributed by atoms with Gasteiger partial charge in [-0.25, -0.2) is 4.98 Å². The van der Waals surface area contributed by atoms with E-state index in [1.165, 1.54) is 6.20 Å². The van der Waals surface area contributed by atoms with E-state index in [0.717, 1.165) is 11.1 Å². The molecule has 0 radical (unpaired) electrons. The van der Waals surface area contributed by atoms with Crippen molar-refractivity contribution in [2.75, 3.05) is 5.73 Å². The molecule has 2 heterocycles. The molecule has 3 rings (SSSR count). The Morgan fingerprint density at radius 2 is 2.00 bits per heavy atom. The fourth-order valence-corrected chi connectivity index (χ4v) is 1.74. The summed E-state index contributed by atoms with van der Waals surface area (Å²) < 4.78 is 0. The van der Waals surface area contributed by atoms with Gasteiger partial charge in [0, 0.05) is 17.3 Å². The number of phenolic OH excluding ortho intramolecular Hbond substituents is 1. The number of nitrogens with two attached hydrogens (primary N) is 1. The molecule has 0 saturated heterocycles. The molecule has 0 atom stereocenters. The minimum absolute atomic E-state index is 0.0956. The molecule has 2 aromatic heterocycles. The number of aromatic hydroxyl groups is 1.